The van der Waals surface area contributed by atoms with Crippen LogP contribution in [0.5, 0.6) is 5.75 Å². The fourth-order valence-corrected chi connectivity index (χ4v) is 2.59. The van der Waals surface area contributed by atoms with Gasteiger partial charge in [0.1, 0.15) is 5.75 Å². The van der Waals surface area contributed by atoms with E-state index in [0.717, 1.165) is 5.56 Å². The first-order valence-corrected chi connectivity index (χ1v) is 9.09. The molecule has 2 aromatic rings. The summed E-state index contributed by atoms with van der Waals surface area (Å²) < 4.78 is 43.6. The molecule has 0 saturated carbocycles. The van der Waals surface area contributed by atoms with Crippen molar-refractivity contribution >= 4 is 17.5 Å². The maximum atomic E-state index is 12.7. The number of hydrogen-bond donors (Lipinski definition) is 1. The Bertz CT molecular complexity index is 851. The topological polar surface area (TPSA) is 58.6 Å². The number of ether oxygens (including phenoxy) is 1. The molecule has 2 aromatic carbocycles. The molecule has 0 bridgehead atoms. The van der Waals surface area contributed by atoms with Crippen LogP contribution < -0.4 is 10.1 Å². The molecule has 1 atom stereocenters. The van der Waals surface area contributed by atoms with Crippen molar-refractivity contribution in [3.05, 3.63) is 59.7 Å². The summed E-state index contributed by atoms with van der Waals surface area (Å²) in [5.74, 6) is -1.74. The molecule has 2 rings (SSSR count). The Hall–Kier alpha value is -3.03. The number of amides is 2. The lowest BCUT2D eigenvalue weighted by atomic mass is 10.1. The van der Waals surface area contributed by atoms with Gasteiger partial charge in [0.2, 0.25) is 0 Å². The second-order valence-electron chi connectivity index (χ2n) is 6.58. The average Bonchev–Trinajstić information content (AvgIpc) is 2.67. The quantitative estimate of drug-likeness (QED) is 0.743. The van der Waals surface area contributed by atoms with Crippen LogP contribution in [0.4, 0.5) is 18.9 Å². The SMILES string of the molecule is CCN(Cc1cccc(NC(=O)C(C)Oc2ccc(C)cc2)c1)C(=O)C(F)(F)F. The van der Waals surface area contributed by atoms with E-state index in [-0.39, 0.29) is 13.1 Å². The van der Waals surface area contributed by atoms with Gasteiger partial charge in [-0.05, 0) is 50.6 Å². The number of alkyl halides is 3. The molecule has 29 heavy (non-hydrogen) atoms. The Labute approximate surface area is 167 Å². The smallest absolute Gasteiger partial charge is 0.471 e. The molecular formula is C21H23F3N2O3. The first kappa shape index (κ1) is 22.3. The summed E-state index contributed by atoms with van der Waals surface area (Å²) in [6.07, 6.45) is -5.70. The molecule has 0 aliphatic rings. The minimum Gasteiger partial charge on any atom is -0.481 e. The molecule has 1 N–H and O–H groups in total. The maximum Gasteiger partial charge on any atom is 0.471 e. The molecule has 0 heterocycles. The fourth-order valence-electron chi connectivity index (χ4n) is 2.59. The largest absolute Gasteiger partial charge is 0.481 e. The number of halogens is 3. The van der Waals surface area contributed by atoms with Gasteiger partial charge in [-0.15, -0.1) is 0 Å². The number of nitrogens with one attached hydrogen (secondary N) is 1. The summed E-state index contributed by atoms with van der Waals surface area (Å²) in [6.45, 7) is 4.71. The van der Waals surface area contributed by atoms with Crippen molar-refractivity contribution in [2.24, 2.45) is 0 Å². The predicted octanol–water partition coefficient (Wildman–Crippen LogP) is 4.31. The molecular weight excluding hydrogens is 385 g/mol. The van der Waals surface area contributed by atoms with Crippen LogP contribution in [-0.2, 0) is 16.1 Å². The first-order chi connectivity index (χ1) is 13.6. The minimum atomic E-state index is -4.93. The molecule has 0 aliphatic heterocycles. The van der Waals surface area contributed by atoms with E-state index in [1.54, 1.807) is 37.3 Å². The van der Waals surface area contributed by atoms with Crippen molar-refractivity contribution in [1.29, 1.82) is 0 Å². The number of nitrogens with zero attached hydrogens (tertiary/aromatic N) is 1. The number of benzene rings is 2. The average molecular weight is 408 g/mol. The van der Waals surface area contributed by atoms with Gasteiger partial charge in [-0.2, -0.15) is 13.2 Å². The van der Waals surface area contributed by atoms with Gasteiger partial charge in [-0.3, -0.25) is 9.59 Å². The second-order valence-corrected chi connectivity index (χ2v) is 6.58. The monoisotopic (exact) mass is 408 g/mol. The molecule has 0 aromatic heterocycles. The summed E-state index contributed by atoms with van der Waals surface area (Å²) in [6, 6.07) is 13.6. The van der Waals surface area contributed by atoms with Crippen LogP contribution in [0.25, 0.3) is 0 Å². The zero-order chi connectivity index (χ0) is 21.6. The maximum absolute atomic E-state index is 12.7. The Morgan fingerprint density at radius 1 is 1.14 bits per heavy atom. The highest BCUT2D eigenvalue weighted by Gasteiger charge is 2.41. The lowest BCUT2D eigenvalue weighted by Crippen LogP contribution is -2.40. The van der Waals surface area contributed by atoms with Crippen LogP contribution >= 0.6 is 0 Å². The number of rotatable bonds is 7. The number of hydrogen-bond acceptors (Lipinski definition) is 3. The normalized spacial score (nSPS) is 12.2. The van der Waals surface area contributed by atoms with E-state index in [9.17, 15) is 22.8 Å². The third-order valence-electron chi connectivity index (χ3n) is 4.18. The highest BCUT2D eigenvalue weighted by atomic mass is 19.4. The van der Waals surface area contributed by atoms with Gasteiger partial charge >= 0.3 is 12.1 Å². The van der Waals surface area contributed by atoms with Crippen molar-refractivity contribution in [1.82, 2.24) is 4.90 Å². The van der Waals surface area contributed by atoms with E-state index in [2.05, 4.69) is 5.32 Å². The third-order valence-corrected chi connectivity index (χ3v) is 4.18. The molecule has 0 fully saturated rings. The van der Waals surface area contributed by atoms with E-state index in [0.29, 0.717) is 21.9 Å². The Kier molecular flexibility index (Phi) is 7.25. The second kappa shape index (κ2) is 9.45. The summed E-state index contributed by atoms with van der Waals surface area (Å²) in [5.41, 5.74) is 1.94. The van der Waals surface area contributed by atoms with Crippen LogP contribution in [0.2, 0.25) is 0 Å². The van der Waals surface area contributed by atoms with E-state index in [4.69, 9.17) is 4.74 Å². The molecule has 0 aliphatic carbocycles. The van der Waals surface area contributed by atoms with E-state index < -0.39 is 24.1 Å². The molecule has 156 valence electrons. The highest BCUT2D eigenvalue weighted by molar-refractivity contribution is 5.94. The summed E-state index contributed by atoms with van der Waals surface area (Å²) in [5, 5.41) is 2.67. The molecule has 0 saturated heterocycles. The zero-order valence-corrected chi connectivity index (χ0v) is 16.4. The van der Waals surface area contributed by atoms with Crippen LogP contribution in [-0.4, -0.2) is 35.5 Å². The van der Waals surface area contributed by atoms with E-state index >= 15 is 0 Å². The van der Waals surface area contributed by atoms with Gasteiger partial charge < -0.3 is 15.0 Å². The Morgan fingerprint density at radius 3 is 2.38 bits per heavy atom. The Morgan fingerprint density at radius 2 is 1.79 bits per heavy atom. The lowest BCUT2D eigenvalue weighted by molar-refractivity contribution is -0.185. The van der Waals surface area contributed by atoms with Gasteiger partial charge in [0.25, 0.3) is 5.91 Å². The van der Waals surface area contributed by atoms with Gasteiger partial charge in [-0.25, -0.2) is 0 Å². The Balaban J connectivity index is 2.02. The molecule has 0 spiro atoms. The molecule has 5 nitrogen and oxygen atoms in total. The van der Waals surface area contributed by atoms with Crippen molar-refractivity contribution in [3.63, 3.8) is 0 Å². The van der Waals surface area contributed by atoms with E-state index in [1.807, 2.05) is 19.1 Å². The number of aryl methyl sites for hydroxylation is 1. The third kappa shape index (κ3) is 6.51. The summed E-state index contributed by atoms with van der Waals surface area (Å²) in [7, 11) is 0. The summed E-state index contributed by atoms with van der Waals surface area (Å²) in [4.78, 5) is 24.5. The van der Waals surface area contributed by atoms with Gasteiger partial charge in [0.15, 0.2) is 6.10 Å². The van der Waals surface area contributed by atoms with Gasteiger partial charge in [0, 0.05) is 18.8 Å². The molecule has 2 amide bonds. The molecule has 8 heteroatoms. The van der Waals surface area contributed by atoms with Crippen molar-refractivity contribution in [3.8, 4) is 5.75 Å². The zero-order valence-electron chi connectivity index (χ0n) is 16.4. The van der Waals surface area contributed by atoms with Crippen LogP contribution in [0.3, 0.4) is 0 Å². The van der Waals surface area contributed by atoms with Crippen molar-refractivity contribution in [2.45, 2.75) is 39.6 Å². The minimum absolute atomic E-state index is 0.0870. The standard InChI is InChI=1S/C21H23F3N2O3/c1-4-26(20(28)21(22,23)24)13-16-6-5-7-17(12-16)25-19(27)15(3)29-18-10-8-14(2)9-11-18/h5-12,15H,4,13H2,1-3H3,(H,25,27). The van der Waals surface area contributed by atoms with Crippen molar-refractivity contribution in [2.75, 3.05) is 11.9 Å². The van der Waals surface area contributed by atoms with Crippen LogP contribution in [0, 0.1) is 6.92 Å². The van der Waals surface area contributed by atoms with Gasteiger partial charge in [0.05, 0.1) is 0 Å². The van der Waals surface area contributed by atoms with Gasteiger partial charge in [-0.1, -0.05) is 29.8 Å². The van der Waals surface area contributed by atoms with E-state index in [1.165, 1.54) is 13.0 Å². The predicted molar refractivity (Wildman–Crippen MR) is 103 cm³/mol. The number of carbonyl (C=O) groups excluding carboxylic acids is 2. The number of carbonyl (C=O) groups is 2. The first-order valence-electron chi connectivity index (χ1n) is 9.09. The highest BCUT2D eigenvalue weighted by Crippen LogP contribution is 2.21. The lowest BCUT2D eigenvalue weighted by Gasteiger charge is -2.22. The fraction of sp³-hybridized carbons (Fsp3) is 0.333. The van der Waals surface area contributed by atoms with Crippen LogP contribution in [0.15, 0.2) is 48.5 Å². The summed E-state index contributed by atoms with van der Waals surface area (Å²) >= 11 is 0. The number of anilines is 1. The molecule has 0 radical (unpaired) electrons. The van der Waals surface area contributed by atoms with Crippen LogP contribution in [0.1, 0.15) is 25.0 Å². The molecule has 1 unspecified atom stereocenters. The van der Waals surface area contributed by atoms with Crippen molar-refractivity contribution < 1.29 is 27.5 Å².